The Morgan fingerprint density at radius 3 is 2.62 bits per heavy atom. The van der Waals surface area contributed by atoms with Crippen molar-refractivity contribution in [3.63, 3.8) is 0 Å². The Morgan fingerprint density at radius 2 is 1.84 bits per heavy atom. The molecule has 0 spiro atoms. The van der Waals surface area contributed by atoms with Crippen molar-refractivity contribution in [3.8, 4) is 5.75 Å². The van der Waals surface area contributed by atoms with E-state index in [9.17, 15) is 9.59 Å². The molecular formula is C27H30N2O3. The topological polar surface area (TPSA) is 58.6 Å². The summed E-state index contributed by atoms with van der Waals surface area (Å²) in [6.07, 6.45) is 3.90. The van der Waals surface area contributed by atoms with Crippen molar-refractivity contribution in [2.75, 3.05) is 18.1 Å². The lowest BCUT2D eigenvalue weighted by molar-refractivity contribution is -0.126. The van der Waals surface area contributed by atoms with Crippen molar-refractivity contribution in [1.29, 1.82) is 0 Å². The third kappa shape index (κ3) is 4.77. The lowest BCUT2D eigenvalue weighted by atomic mass is 10.0. The number of fused-ring (bicyclic) bond motifs is 2. The highest BCUT2D eigenvalue weighted by atomic mass is 16.5. The van der Waals surface area contributed by atoms with Crippen molar-refractivity contribution in [1.82, 2.24) is 5.32 Å². The molecule has 1 aliphatic rings. The van der Waals surface area contributed by atoms with Crippen LogP contribution in [-0.2, 0) is 16.0 Å². The molecule has 1 aliphatic heterocycles. The molecule has 1 N–H and O–H groups in total. The molecule has 0 saturated carbocycles. The Balaban J connectivity index is 1.42. The van der Waals surface area contributed by atoms with Gasteiger partial charge in [0.1, 0.15) is 11.8 Å². The zero-order valence-electron chi connectivity index (χ0n) is 18.8. The summed E-state index contributed by atoms with van der Waals surface area (Å²) in [5.74, 6) is 0.553. The fraction of sp³-hybridized carbons (Fsp3) is 0.333. The normalized spacial score (nSPS) is 15.1. The van der Waals surface area contributed by atoms with Crippen LogP contribution in [-0.4, -0.2) is 25.0 Å². The van der Waals surface area contributed by atoms with Crippen LogP contribution in [0.5, 0.6) is 5.75 Å². The molecule has 3 aromatic rings. The van der Waals surface area contributed by atoms with E-state index in [0.29, 0.717) is 19.6 Å². The molecule has 0 saturated heterocycles. The van der Waals surface area contributed by atoms with Crippen LogP contribution < -0.4 is 15.0 Å². The second-order valence-electron chi connectivity index (χ2n) is 8.33. The van der Waals surface area contributed by atoms with Crippen LogP contribution >= 0.6 is 0 Å². The van der Waals surface area contributed by atoms with E-state index >= 15 is 0 Å². The second kappa shape index (κ2) is 9.86. The number of amides is 2. The van der Waals surface area contributed by atoms with Gasteiger partial charge >= 0.3 is 0 Å². The molecule has 1 atom stereocenters. The Morgan fingerprint density at radius 1 is 1.03 bits per heavy atom. The molecule has 5 heteroatoms. The minimum atomic E-state index is -0.606. The summed E-state index contributed by atoms with van der Waals surface area (Å²) in [6, 6.07) is 19.8. The summed E-state index contributed by atoms with van der Waals surface area (Å²) in [4.78, 5) is 26.6. The van der Waals surface area contributed by atoms with E-state index in [1.807, 2.05) is 30.3 Å². The van der Waals surface area contributed by atoms with Gasteiger partial charge in [0.2, 0.25) is 5.91 Å². The molecule has 0 aliphatic carbocycles. The molecule has 1 unspecified atom stereocenters. The number of aryl methyl sites for hydroxylation is 1. The maximum Gasteiger partial charge on any atom is 0.254 e. The summed E-state index contributed by atoms with van der Waals surface area (Å²) in [5, 5.41) is 5.16. The number of anilines is 1. The number of ether oxygens (including phenoxy) is 1. The molecule has 0 radical (unpaired) electrons. The van der Waals surface area contributed by atoms with Crippen LogP contribution in [0.25, 0.3) is 10.8 Å². The molecular weight excluding hydrogens is 400 g/mol. The Bertz CT molecular complexity index is 1120. The second-order valence-corrected chi connectivity index (χ2v) is 8.33. The number of unbranched alkanes of at least 4 members (excludes halogenated alkanes) is 1. The summed E-state index contributed by atoms with van der Waals surface area (Å²) in [5.41, 5.74) is 2.99. The third-order valence-electron chi connectivity index (χ3n) is 5.89. The van der Waals surface area contributed by atoms with Gasteiger partial charge < -0.3 is 15.0 Å². The van der Waals surface area contributed by atoms with E-state index in [0.717, 1.165) is 41.6 Å². The predicted molar refractivity (Wildman–Crippen MR) is 128 cm³/mol. The van der Waals surface area contributed by atoms with Gasteiger partial charge in [-0.25, -0.2) is 0 Å². The number of rotatable bonds is 9. The molecule has 0 bridgehead atoms. The predicted octanol–water partition coefficient (Wildman–Crippen LogP) is 5.18. The van der Waals surface area contributed by atoms with Crippen molar-refractivity contribution in [3.05, 3.63) is 71.8 Å². The first kappa shape index (κ1) is 21.9. The lowest BCUT2D eigenvalue weighted by Crippen LogP contribution is -2.37. The average molecular weight is 431 g/mol. The number of carbonyl (C=O) groups is 2. The van der Waals surface area contributed by atoms with Gasteiger partial charge in [0, 0.05) is 24.7 Å². The summed E-state index contributed by atoms with van der Waals surface area (Å²) < 4.78 is 5.94. The van der Waals surface area contributed by atoms with Gasteiger partial charge in [0.05, 0.1) is 6.61 Å². The minimum Gasteiger partial charge on any atom is -0.494 e. The monoisotopic (exact) mass is 430 g/mol. The average Bonchev–Trinajstić information content (AvgIpc) is 3.05. The summed E-state index contributed by atoms with van der Waals surface area (Å²) in [6.45, 7) is 4.67. The maximum absolute atomic E-state index is 13.1. The van der Waals surface area contributed by atoms with Crippen molar-refractivity contribution >= 4 is 28.3 Å². The Hall–Kier alpha value is -3.34. The summed E-state index contributed by atoms with van der Waals surface area (Å²) >= 11 is 0. The van der Waals surface area contributed by atoms with Gasteiger partial charge in [-0.3, -0.25) is 9.59 Å². The molecule has 4 rings (SSSR count). The number of hydrogen-bond acceptors (Lipinski definition) is 3. The highest BCUT2D eigenvalue weighted by molar-refractivity contribution is 6.06. The van der Waals surface area contributed by atoms with Gasteiger partial charge in [-0.15, -0.1) is 0 Å². The highest BCUT2D eigenvalue weighted by Gasteiger charge is 2.37. The number of nitrogens with zero attached hydrogens (tertiary/aromatic N) is 1. The van der Waals surface area contributed by atoms with Gasteiger partial charge in [-0.1, -0.05) is 55.8 Å². The van der Waals surface area contributed by atoms with Gasteiger partial charge in [-0.05, 0) is 53.8 Å². The van der Waals surface area contributed by atoms with E-state index in [2.05, 4.69) is 42.6 Å². The molecule has 1 heterocycles. The molecule has 0 aromatic heterocycles. The molecule has 32 heavy (non-hydrogen) atoms. The van der Waals surface area contributed by atoms with E-state index in [1.54, 1.807) is 4.90 Å². The molecule has 5 nitrogen and oxygen atoms in total. The molecule has 166 valence electrons. The van der Waals surface area contributed by atoms with Gasteiger partial charge in [0.15, 0.2) is 0 Å². The van der Waals surface area contributed by atoms with Gasteiger partial charge in [0.25, 0.3) is 5.91 Å². The first-order valence-electron chi connectivity index (χ1n) is 11.4. The fourth-order valence-electron chi connectivity index (χ4n) is 4.27. The maximum atomic E-state index is 13.1. The zero-order chi connectivity index (χ0) is 22.5. The van der Waals surface area contributed by atoms with Gasteiger partial charge in [-0.2, -0.15) is 0 Å². The van der Waals surface area contributed by atoms with Crippen LogP contribution in [0.15, 0.2) is 60.7 Å². The fourth-order valence-corrected chi connectivity index (χ4v) is 4.27. The van der Waals surface area contributed by atoms with Crippen LogP contribution in [0, 0.1) is 0 Å². The molecule has 3 aromatic carbocycles. The first-order valence-corrected chi connectivity index (χ1v) is 11.4. The number of nitrogens with one attached hydrogen (secondary N) is 1. The number of benzene rings is 3. The summed E-state index contributed by atoms with van der Waals surface area (Å²) in [7, 11) is 0. The molecule has 2 amide bonds. The Kier molecular flexibility index (Phi) is 6.74. The smallest absolute Gasteiger partial charge is 0.254 e. The SMILES string of the molecule is CCCCc1ccc2c(c1)C(NC(C)=O)C(=O)N2CCCOc1ccc2ccccc2c1. The first-order chi connectivity index (χ1) is 15.6. The highest BCUT2D eigenvalue weighted by Crippen LogP contribution is 2.37. The van der Waals surface area contributed by atoms with Crippen LogP contribution in [0.3, 0.4) is 0 Å². The van der Waals surface area contributed by atoms with E-state index < -0.39 is 6.04 Å². The van der Waals surface area contributed by atoms with Crippen molar-refractivity contribution in [2.24, 2.45) is 0 Å². The Labute approximate surface area is 189 Å². The quantitative estimate of drug-likeness (QED) is 0.476. The van der Waals surface area contributed by atoms with Crippen molar-refractivity contribution in [2.45, 2.75) is 45.6 Å². The van der Waals surface area contributed by atoms with Crippen LogP contribution in [0.2, 0.25) is 0 Å². The molecule has 0 fully saturated rings. The van der Waals surface area contributed by atoms with Crippen molar-refractivity contribution < 1.29 is 14.3 Å². The standard InChI is InChI=1S/C27H30N2O3/c1-3-4-8-20-11-14-25-24(17-20)26(28-19(2)30)27(31)29(25)15-7-16-32-23-13-12-21-9-5-6-10-22(21)18-23/h5-6,9-14,17-18,26H,3-4,7-8,15-16H2,1-2H3,(H,28,30). The number of carbonyl (C=O) groups excluding carboxylic acids is 2. The van der Waals surface area contributed by atoms with E-state index in [1.165, 1.54) is 17.9 Å². The van der Waals surface area contributed by atoms with Crippen LogP contribution in [0.1, 0.15) is 50.3 Å². The van der Waals surface area contributed by atoms with E-state index in [-0.39, 0.29) is 11.8 Å². The van der Waals surface area contributed by atoms with Crippen LogP contribution in [0.4, 0.5) is 5.69 Å². The minimum absolute atomic E-state index is 0.0754. The number of hydrogen-bond donors (Lipinski definition) is 1. The van der Waals surface area contributed by atoms with E-state index in [4.69, 9.17) is 4.74 Å². The lowest BCUT2D eigenvalue weighted by Gasteiger charge is -2.18. The largest absolute Gasteiger partial charge is 0.494 e. The zero-order valence-corrected chi connectivity index (χ0v) is 18.8. The third-order valence-corrected chi connectivity index (χ3v) is 5.89.